The van der Waals surface area contributed by atoms with Crippen molar-refractivity contribution >= 4 is 11.9 Å². The minimum Gasteiger partial charge on any atom is -0.491 e. The van der Waals surface area contributed by atoms with Crippen molar-refractivity contribution in [3.05, 3.63) is 34.7 Å². The van der Waals surface area contributed by atoms with Gasteiger partial charge >= 0.3 is 5.97 Å². The quantitative estimate of drug-likeness (QED) is 0.595. The number of halogens is 1. The van der Waals surface area contributed by atoms with Crippen LogP contribution in [-0.4, -0.2) is 36.3 Å². The molecule has 1 aromatic carbocycles. The zero-order valence-corrected chi connectivity index (χ0v) is 13.2. The molecule has 0 aromatic heterocycles. The van der Waals surface area contributed by atoms with Gasteiger partial charge in [-0.25, -0.2) is 4.39 Å². The molecule has 24 heavy (non-hydrogen) atoms. The summed E-state index contributed by atoms with van der Waals surface area (Å²) < 4.78 is 17.1. The largest absolute Gasteiger partial charge is 0.491 e. The van der Waals surface area contributed by atoms with Gasteiger partial charge < -0.3 is 15.6 Å². The maximum absolute atomic E-state index is 12.0. The lowest BCUT2D eigenvalue weighted by Crippen LogP contribution is -2.34. The van der Waals surface area contributed by atoms with Crippen molar-refractivity contribution in [1.29, 1.82) is 0 Å². The Labute approximate surface area is 139 Å². The number of alkyl halides is 1. The smallest absolute Gasteiger partial charge is 0.320 e. The molecule has 2 atom stereocenters. The third kappa shape index (κ3) is 6.82. The number of hydrogen-bond donors (Lipinski definition) is 2. The SMILES string of the molecule is NC(CC(CCCc1ccc(OCCF)cc1)C(=O)N=O)C(=O)O. The number of carboxylic acid groups (broad SMARTS) is 1. The summed E-state index contributed by atoms with van der Waals surface area (Å²) >= 11 is 0. The van der Waals surface area contributed by atoms with Crippen LogP contribution < -0.4 is 10.5 Å². The normalized spacial score (nSPS) is 13.1. The molecule has 1 amide bonds. The minimum absolute atomic E-state index is 0.00562. The fraction of sp³-hybridized carbons (Fsp3) is 0.500. The number of ether oxygens (including phenoxy) is 1. The maximum Gasteiger partial charge on any atom is 0.320 e. The Kier molecular flexibility index (Phi) is 8.56. The van der Waals surface area contributed by atoms with Crippen LogP contribution in [0.5, 0.6) is 5.75 Å². The molecule has 0 aliphatic rings. The lowest BCUT2D eigenvalue weighted by Gasteiger charge is -2.14. The molecule has 0 spiro atoms. The molecular weight excluding hydrogens is 319 g/mol. The lowest BCUT2D eigenvalue weighted by atomic mass is 9.93. The van der Waals surface area contributed by atoms with Crippen molar-refractivity contribution in [2.45, 2.75) is 31.7 Å². The Bertz CT molecular complexity index is 550. The van der Waals surface area contributed by atoms with E-state index in [9.17, 15) is 18.9 Å². The molecule has 0 fully saturated rings. The van der Waals surface area contributed by atoms with Crippen molar-refractivity contribution in [3.63, 3.8) is 0 Å². The third-order valence-electron chi connectivity index (χ3n) is 3.58. The molecule has 0 saturated carbocycles. The van der Waals surface area contributed by atoms with Gasteiger partial charge in [-0.1, -0.05) is 12.1 Å². The van der Waals surface area contributed by atoms with Crippen molar-refractivity contribution in [3.8, 4) is 5.75 Å². The summed E-state index contributed by atoms with van der Waals surface area (Å²) in [4.78, 5) is 32.7. The second-order valence-corrected chi connectivity index (χ2v) is 5.38. The molecule has 7 nitrogen and oxygen atoms in total. The van der Waals surface area contributed by atoms with Crippen LogP contribution in [0, 0.1) is 10.8 Å². The topological polar surface area (TPSA) is 119 Å². The fourth-order valence-corrected chi connectivity index (χ4v) is 2.29. The van der Waals surface area contributed by atoms with E-state index in [2.05, 4.69) is 5.18 Å². The number of rotatable bonds is 11. The van der Waals surface area contributed by atoms with E-state index in [1.165, 1.54) is 0 Å². The van der Waals surface area contributed by atoms with Gasteiger partial charge in [0.2, 0.25) is 0 Å². The summed E-state index contributed by atoms with van der Waals surface area (Å²) in [6.45, 7) is -0.550. The third-order valence-corrected chi connectivity index (χ3v) is 3.58. The standard InChI is InChI=1S/C16H21FN2O5/c17-8-9-24-13-6-4-11(5-7-13)2-1-3-12(15(20)19-23)10-14(18)16(21)22/h4-7,12,14H,1-3,8-10,18H2,(H,21,22). The second kappa shape index (κ2) is 10.4. The van der Waals surface area contributed by atoms with E-state index in [1.54, 1.807) is 12.1 Å². The van der Waals surface area contributed by atoms with Gasteiger partial charge in [-0.2, -0.15) is 0 Å². The molecule has 0 bridgehead atoms. The van der Waals surface area contributed by atoms with Crippen LogP contribution in [0.15, 0.2) is 29.4 Å². The minimum atomic E-state index is -1.22. The number of carbonyl (C=O) groups excluding carboxylic acids is 1. The van der Waals surface area contributed by atoms with Gasteiger partial charge in [0.05, 0.1) is 0 Å². The van der Waals surface area contributed by atoms with Gasteiger partial charge in [-0.3, -0.25) is 9.59 Å². The van der Waals surface area contributed by atoms with Gasteiger partial charge in [0, 0.05) is 11.1 Å². The van der Waals surface area contributed by atoms with Crippen molar-refractivity contribution in [2.75, 3.05) is 13.3 Å². The molecule has 0 heterocycles. The molecular formula is C16H21FN2O5. The van der Waals surface area contributed by atoms with Crippen molar-refractivity contribution < 1.29 is 23.8 Å². The van der Waals surface area contributed by atoms with Crippen LogP contribution >= 0.6 is 0 Å². The molecule has 2 unspecified atom stereocenters. The molecule has 0 radical (unpaired) electrons. The highest BCUT2D eigenvalue weighted by molar-refractivity contribution is 5.81. The average Bonchev–Trinajstić information content (AvgIpc) is 2.59. The summed E-state index contributed by atoms with van der Waals surface area (Å²) in [6.07, 6.45) is 1.42. The van der Waals surface area contributed by atoms with E-state index in [0.717, 1.165) is 5.56 Å². The average molecular weight is 340 g/mol. The number of carboxylic acids is 1. The van der Waals surface area contributed by atoms with Crippen LogP contribution in [0.3, 0.4) is 0 Å². The van der Waals surface area contributed by atoms with Gasteiger partial charge in [-0.05, 0) is 43.4 Å². The highest BCUT2D eigenvalue weighted by Gasteiger charge is 2.25. The zero-order valence-electron chi connectivity index (χ0n) is 13.2. The number of carbonyl (C=O) groups is 2. The number of benzene rings is 1. The molecule has 132 valence electrons. The van der Waals surface area contributed by atoms with Gasteiger partial charge in [0.25, 0.3) is 5.91 Å². The Morgan fingerprint density at radius 1 is 1.29 bits per heavy atom. The number of hydrogen-bond acceptors (Lipinski definition) is 5. The number of nitrogens with two attached hydrogens (primary N) is 1. The highest BCUT2D eigenvalue weighted by Crippen LogP contribution is 2.19. The predicted molar refractivity (Wildman–Crippen MR) is 85.4 cm³/mol. The van der Waals surface area contributed by atoms with Gasteiger partial charge in [-0.15, -0.1) is 4.91 Å². The summed E-state index contributed by atoms with van der Waals surface area (Å²) in [5, 5.41) is 11.2. The first-order chi connectivity index (χ1) is 11.5. The predicted octanol–water partition coefficient (Wildman–Crippen LogP) is 2.07. The molecule has 0 aliphatic heterocycles. The first-order valence-electron chi connectivity index (χ1n) is 7.61. The maximum atomic E-state index is 12.0. The Balaban J connectivity index is 2.50. The van der Waals surface area contributed by atoms with Crippen molar-refractivity contribution in [1.82, 2.24) is 0 Å². The summed E-state index contributed by atoms with van der Waals surface area (Å²) in [6, 6.07) is 5.89. The van der Waals surface area contributed by atoms with Crippen molar-refractivity contribution in [2.24, 2.45) is 16.8 Å². The first-order valence-corrected chi connectivity index (χ1v) is 7.61. The first kappa shape index (κ1) is 19.7. The Morgan fingerprint density at radius 3 is 2.50 bits per heavy atom. The molecule has 0 aliphatic carbocycles. The van der Waals surface area contributed by atoms with Crippen LogP contribution in [-0.2, 0) is 16.0 Å². The molecule has 8 heteroatoms. The number of aryl methyl sites for hydroxylation is 1. The van der Waals surface area contributed by atoms with Crippen LogP contribution in [0.1, 0.15) is 24.8 Å². The highest BCUT2D eigenvalue weighted by atomic mass is 19.1. The number of amides is 1. The van der Waals surface area contributed by atoms with E-state index < -0.39 is 30.5 Å². The monoisotopic (exact) mass is 340 g/mol. The molecule has 3 N–H and O–H groups in total. The second-order valence-electron chi connectivity index (χ2n) is 5.38. The number of nitrogens with zero attached hydrogens (tertiary/aromatic N) is 1. The summed E-state index contributed by atoms with van der Waals surface area (Å²) in [5.74, 6) is -2.31. The van der Waals surface area contributed by atoms with Crippen LogP contribution in [0.25, 0.3) is 0 Å². The molecule has 0 saturated heterocycles. The number of aliphatic carboxylic acids is 1. The molecule has 1 rings (SSSR count). The Hall–Kier alpha value is -2.35. The van der Waals surface area contributed by atoms with Crippen LogP contribution in [0.4, 0.5) is 4.39 Å². The van der Waals surface area contributed by atoms with E-state index in [1.807, 2.05) is 12.1 Å². The van der Waals surface area contributed by atoms with E-state index in [4.69, 9.17) is 15.6 Å². The van der Waals surface area contributed by atoms with Gasteiger partial charge in [0.1, 0.15) is 25.1 Å². The Morgan fingerprint density at radius 2 is 1.96 bits per heavy atom. The summed E-state index contributed by atoms with van der Waals surface area (Å²) in [5.41, 5.74) is 6.40. The summed E-state index contributed by atoms with van der Waals surface area (Å²) in [7, 11) is 0. The van der Waals surface area contributed by atoms with E-state index in [0.29, 0.717) is 25.0 Å². The van der Waals surface area contributed by atoms with E-state index >= 15 is 0 Å². The fourth-order valence-electron chi connectivity index (χ4n) is 2.29. The van der Waals surface area contributed by atoms with Crippen LogP contribution in [0.2, 0.25) is 0 Å². The zero-order chi connectivity index (χ0) is 17.9. The van der Waals surface area contributed by atoms with E-state index in [-0.39, 0.29) is 13.0 Å². The lowest BCUT2D eigenvalue weighted by molar-refractivity contribution is -0.139. The molecule has 1 aromatic rings. The van der Waals surface area contributed by atoms with Gasteiger partial charge in [0.15, 0.2) is 0 Å². The number of nitroso groups, excluding NO2 is 1.